The molecule has 144 valence electrons. The van der Waals surface area contributed by atoms with Gasteiger partial charge in [0.2, 0.25) is 0 Å². The average molecular weight is 400 g/mol. The second kappa shape index (κ2) is 7.24. The zero-order chi connectivity index (χ0) is 19.8. The van der Waals surface area contributed by atoms with Crippen molar-refractivity contribution in [2.24, 2.45) is 7.05 Å². The molecule has 0 spiro atoms. The van der Waals surface area contributed by atoms with Gasteiger partial charge in [-0.2, -0.15) is 10.2 Å². The molecule has 1 aliphatic heterocycles. The monoisotopic (exact) mass is 399 g/mol. The first-order valence-corrected chi connectivity index (χ1v) is 9.26. The zero-order valence-electron chi connectivity index (χ0n) is 15.5. The first kappa shape index (κ1) is 18.4. The van der Waals surface area contributed by atoms with Crippen molar-refractivity contribution < 1.29 is 9.18 Å². The Kier molecular flexibility index (Phi) is 4.77. The van der Waals surface area contributed by atoms with Gasteiger partial charge >= 0.3 is 0 Å². The number of fused-ring (bicyclic) bond motifs is 1. The van der Waals surface area contributed by atoms with E-state index in [1.165, 1.54) is 6.08 Å². The Balaban J connectivity index is 1.67. The first-order valence-electron chi connectivity index (χ1n) is 8.88. The summed E-state index contributed by atoms with van der Waals surface area (Å²) in [5, 5.41) is 11.4. The van der Waals surface area contributed by atoms with Gasteiger partial charge in [0, 0.05) is 30.8 Å². The topological polar surface area (TPSA) is 66.8 Å². The van der Waals surface area contributed by atoms with Crippen LogP contribution in [-0.2, 0) is 13.5 Å². The number of H-pyrrole nitrogens is 1. The Morgan fingerprint density at radius 3 is 2.86 bits per heavy atom. The minimum atomic E-state index is -0.410. The predicted octanol–water partition coefficient (Wildman–Crippen LogP) is 3.86. The smallest absolute Gasteiger partial charge is 0.255 e. The average Bonchev–Trinajstić information content (AvgIpc) is 3.30. The van der Waals surface area contributed by atoms with Crippen LogP contribution < -0.4 is 0 Å². The van der Waals surface area contributed by atoms with E-state index in [0.717, 1.165) is 11.3 Å². The third-order valence-corrected chi connectivity index (χ3v) is 5.40. The van der Waals surface area contributed by atoms with Crippen LogP contribution in [0.15, 0.2) is 42.5 Å². The summed E-state index contributed by atoms with van der Waals surface area (Å²) in [6.45, 7) is 1.66. The van der Waals surface area contributed by atoms with E-state index in [1.54, 1.807) is 42.0 Å². The molecule has 0 radical (unpaired) electrons. The van der Waals surface area contributed by atoms with Crippen molar-refractivity contribution in [2.45, 2.75) is 19.4 Å². The Morgan fingerprint density at radius 2 is 2.18 bits per heavy atom. The van der Waals surface area contributed by atoms with Crippen LogP contribution in [0, 0.1) is 6.92 Å². The summed E-state index contributed by atoms with van der Waals surface area (Å²) < 4.78 is 16.5. The third kappa shape index (κ3) is 3.22. The van der Waals surface area contributed by atoms with Crippen molar-refractivity contribution in [1.82, 2.24) is 24.9 Å². The van der Waals surface area contributed by atoms with Gasteiger partial charge in [-0.25, -0.2) is 4.39 Å². The van der Waals surface area contributed by atoms with Crippen LogP contribution in [0.1, 0.15) is 38.9 Å². The van der Waals surface area contributed by atoms with Gasteiger partial charge in [-0.05, 0) is 24.6 Å². The van der Waals surface area contributed by atoms with Gasteiger partial charge in [0.15, 0.2) is 0 Å². The number of benzene rings is 1. The lowest BCUT2D eigenvalue weighted by atomic mass is 10.0. The summed E-state index contributed by atoms with van der Waals surface area (Å²) in [6.07, 6.45) is 5.06. The summed E-state index contributed by atoms with van der Waals surface area (Å²) >= 11 is 6.27. The predicted molar refractivity (Wildman–Crippen MR) is 105 cm³/mol. The van der Waals surface area contributed by atoms with Gasteiger partial charge in [0.25, 0.3) is 5.91 Å². The summed E-state index contributed by atoms with van der Waals surface area (Å²) in [5.74, 6) is -0.599. The molecule has 6 nitrogen and oxygen atoms in total. The summed E-state index contributed by atoms with van der Waals surface area (Å²) in [5.41, 5.74) is 3.63. The largest absolute Gasteiger partial charge is 0.324 e. The van der Waals surface area contributed by atoms with Crippen LogP contribution in [0.5, 0.6) is 0 Å². The lowest BCUT2D eigenvalue weighted by Gasteiger charge is -2.25. The number of carbonyl (C=O) groups is 1. The van der Waals surface area contributed by atoms with Crippen LogP contribution >= 0.6 is 11.6 Å². The van der Waals surface area contributed by atoms with E-state index in [9.17, 15) is 9.18 Å². The fraction of sp³-hybridized carbons (Fsp3) is 0.250. The molecule has 28 heavy (non-hydrogen) atoms. The molecule has 4 rings (SSSR count). The fourth-order valence-corrected chi connectivity index (χ4v) is 3.83. The van der Waals surface area contributed by atoms with Crippen LogP contribution in [-0.4, -0.2) is 37.3 Å². The van der Waals surface area contributed by atoms with Crippen molar-refractivity contribution in [3.05, 3.63) is 75.6 Å². The molecule has 0 aliphatic carbocycles. The molecular weight excluding hydrogens is 381 g/mol. The molecule has 8 heteroatoms. The maximum atomic E-state index is 14.8. The zero-order valence-corrected chi connectivity index (χ0v) is 16.2. The Hall–Kier alpha value is -2.93. The number of rotatable bonds is 5. The Labute approximate surface area is 166 Å². The third-order valence-electron chi connectivity index (χ3n) is 5.09. The molecule has 2 aromatic heterocycles. The van der Waals surface area contributed by atoms with Gasteiger partial charge in [-0.3, -0.25) is 14.6 Å². The minimum Gasteiger partial charge on any atom is -0.324 e. The molecule has 0 fully saturated rings. The summed E-state index contributed by atoms with van der Waals surface area (Å²) in [7, 11) is 1.80. The number of nitrogens with one attached hydrogen (secondary N) is 1. The number of amides is 1. The van der Waals surface area contributed by atoms with E-state index in [4.69, 9.17) is 11.6 Å². The summed E-state index contributed by atoms with van der Waals surface area (Å²) in [6, 6.07) is 7.06. The van der Waals surface area contributed by atoms with Crippen LogP contribution in [0.4, 0.5) is 4.39 Å². The molecule has 1 unspecified atom stereocenters. The number of aryl methyl sites for hydroxylation is 2. The second-order valence-corrected chi connectivity index (χ2v) is 7.23. The van der Waals surface area contributed by atoms with Gasteiger partial charge < -0.3 is 4.90 Å². The maximum Gasteiger partial charge on any atom is 0.255 e. The number of nitrogens with zero attached hydrogens (tertiary/aromatic N) is 4. The molecular formula is C20H19ClFN5O. The molecule has 3 heterocycles. The van der Waals surface area contributed by atoms with Crippen molar-refractivity contribution in [2.75, 3.05) is 6.54 Å². The molecule has 1 amide bonds. The van der Waals surface area contributed by atoms with E-state index in [0.29, 0.717) is 28.3 Å². The molecule has 1 aromatic carbocycles. The fourth-order valence-electron chi connectivity index (χ4n) is 3.59. The standard InChI is InChI=1S/C20H19ClFN5O/c1-12-13(9-23-25-12)7-14(22)11-27-18(8-19-17(21)10-24-26(19)2)15-5-3-4-6-16(15)20(27)28/h3-7,9-10,18H,8,11H2,1-2H3,(H,23,25)/b14-7+. The van der Waals surface area contributed by atoms with E-state index < -0.39 is 5.83 Å². The highest BCUT2D eigenvalue weighted by molar-refractivity contribution is 6.31. The molecule has 1 N–H and O–H groups in total. The number of carbonyl (C=O) groups excluding carboxylic acids is 1. The second-order valence-electron chi connectivity index (χ2n) is 6.82. The Bertz CT molecular complexity index is 1050. The molecule has 0 saturated carbocycles. The quantitative estimate of drug-likeness (QED) is 0.708. The van der Waals surface area contributed by atoms with Crippen molar-refractivity contribution in [3.8, 4) is 0 Å². The molecule has 0 bridgehead atoms. The maximum absolute atomic E-state index is 14.8. The van der Waals surface area contributed by atoms with Crippen LogP contribution in [0.3, 0.4) is 0 Å². The highest BCUT2D eigenvalue weighted by Crippen LogP contribution is 2.37. The number of hydrogen-bond acceptors (Lipinski definition) is 3. The van der Waals surface area contributed by atoms with Gasteiger partial charge in [-0.1, -0.05) is 29.8 Å². The first-order chi connectivity index (χ1) is 13.5. The van der Waals surface area contributed by atoms with Crippen LogP contribution in [0.2, 0.25) is 5.02 Å². The minimum absolute atomic E-state index is 0.127. The van der Waals surface area contributed by atoms with Gasteiger partial charge in [-0.15, -0.1) is 0 Å². The number of halogens is 2. The normalized spacial score (nSPS) is 16.7. The van der Waals surface area contributed by atoms with E-state index in [1.807, 2.05) is 18.2 Å². The Morgan fingerprint density at radius 1 is 1.39 bits per heavy atom. The lowest BCUT2D eigenvalue weighted by molar-refractivity contribution is 0.0732. The number of hydrogen-bond donors (Lipinski definition) is 1. The van der Waals surface area contributed by atoms with E-state index in [2.05, 4.69) is 15.3 Å². The summed E-state index contributed by atoms with van der Waals surface area (Å²) in [4.78, 5) is 14.5. The van der Waals surface area contributed by atoms with E-state index >= 15 is 0 Å². The van der Waals surface area contributed by atoms with Gasteiger partial charge in [0.05, 0.1) is 35.2 Å². The molecule has 1 aliphatic rings. The van der Waals surface area contributed by atoms with Crippen molar-refractivity contribution >= 4 is 23.6 Å². The lowest BCUT2D eigenvalue weighted by Crippen LogP contribution is -2.31. The SMILES string of the molecule is Cc1n[nH]cc1/C=C(/F)CN1C(=O)c2ccccc2C1Cc1c(Cl)cnn1C. The number of aromatic nitrogens is 4. The molecule has 0 saturated heterocycles. The van der Waals surface area contributed by atoms with Crippen LogP contribution in [0.25, 0.3) is 6.08 Å². The van der Waals surface area contributed by atoms with E-state index in [-0.39, 0.29) is 18.5 Å². The van der Waals surface area contributed by atoms with Gasteiger partial charge in [0.1, 0.15) is 5.83 Å². The molecule has 3 aromatic rings. The van der Waals surface area contributed by atoms with Crippen molar-refractivity contribution in [3.63, 3.8) is 0 Å². The molecule has 1 atom stereocenters. The highest BCUT2D eigenvalue weighted by atomic mass is 35.5. The van der Waals surface area contributed by atoms with Crippen molar-refractivity contribution in [1.29, 1.82) is 0 Å². The number of aromatic amines is 1. The highest BCUT2D eigenvalue weighted by Gasteiger charge is 2.37.